The molecule has 1 amide bonds. The molecule has 0 radical (unpaired) electrons. The number of furan rings is 1. The van der Waals surface area contributed by atoms with Gasteiger partial charge in [0.05, 0.1) is 9.93 Å². The molecule has 2 aromatic carbocycles. The molecule has 0 unspecified atom stereocenters. The monoisotopic (exact) mass is 489 g/mol. The van der Waals surface area contributed by atoms with Crippen LogP contribution in [0.1, 0.15) is 17.4 Å². The van der Waals surface area contributed by atoms with E-state index in [4.69, 9.17) is 39.8 Å². The lowest BCUT2D eigenvalue weighted by Crippen LogP contribution is -2.37. The first-order valence-corrected chi connectivity index (χ1v) is 10.9. The highest BCUT2D eigenvalue weighted by Gasteiger charge is 2.41. The molecular formula is C22H13Cl2NO4S2. The number of nitrogens with zero attached hydrogens (tertiary/aromatic N) is 1. The Balaban J connectivity index is 1.64. The summed E-state index contributed by atoms with van der Waals surface area (Å²) >= 11 is 18.6. The van der Waals surface area contributed by atoms with Crippen LogP contribution in [0.15, 0.2) is 70.0 Å². The number of hydrogen-bond donors (Lipinski definition) is 1. The Morgan fingerprint density at radius 2 is 1.87 bits per heavy atom. The van der Waals surface area contributed by atoms with E-state index in [1.807, 2.05) is 0 Å². The lowest BCUT2D eigenvalue weighted by molar-refractivity contribution is -0.145. The summed E-state index contributed by atoms with van der Waals surface area (Å²) in [4.78, 5) is 26.3. The van der Waals surface area contributed by atoms with Gasteiger partial charge in [-0.1, -0.05) is 77.5 Å². The molecule has 2 heterocycles. The number of halogens is 2. The molecule has 9 heteroatoms. The highest BCUT2D eigenvalue weighted by atomic mass is 35.5. The third-order valence-electron chi connectivity index (χ3n) is 4.52. The average Bonchev–Trinajstić information content (AvgIpc) is 3.31. The number of carboxylic acid groups (broad SMARTS) is 1. The van der Waals surface area contributed by atoms with Gasteiger partial charge in [0.25, 0.3) is 5.91 Å². The van der Waals surface area contributed by atoms with Crippen LogP contribution in [0.2, 0.25) is 10.0 Å². The fourth-order valence-corrected chi connectivity index (χ4v) is 4.81. The maximum Gasteiger partial charge on any atom is 0.331 e. The third-order valence-corrected chi connectivity index (χ3v) is 6.42. The largest absolute Gasteiger partial charge is 0.479 e. The minimum absolute atomic E-state index is 0.164. The first-order chi connectivity index (χ1) is 14.8. The zero-order valence-electron chi connectivity index (χ0n) is 15.6. The minimum Gasteiger partial charge on any atom is -0.479 e. The molecule has 1 saturated heterocycles. The van der Waals surface area contributed by atoms with Crippen LogP contribution < -0.4 is 0 Å². The molecule has 5 nitrogen and oxygen atoms in total. The van der Waals surface area contributed by atoms with Gasteiger partial charge in [0.1, 0.15) is 15.8 Å². The van der Waals surface area contributed by atoms with Crippen molar-refractivity contribution in [3.8, 4) is 11.3 Å². The lowest BCUT2D eigenvalue weighted by atomic mass is 10.1. The van der Waals surface area contributed by atoms with Crippen LogP contribution in [0.3, 0.4) is 0 Å². The Labute approximate surface area is 197 Å². The third kappa shape index (κ3) is 4.41. The number of hydrogen-bond acceptors (Lipinski definition) is 5. The second-order valence-corrected chi connectivity index (χ2v) is 9.05. The highest BCUT2D eigenvalue weighted by molar-refractivity contribution is 8.26. The van der Waals surface area contributed by atoms with Crippen molar-refractivity contribution in [2.45, 2.75) is 6.04 Å². The molecule has 1 fully saturated rings. The predicted molar refractivity (Wildman–Crippen MR) is 126 cm³/mol. The van der Waals surface area contributed by atoms with E-state index >= 15 is 0 Å². The van der Waals surface area contributed by atoms with E-state index in [0.29, 0.717) is 32.7 Å². The van der Waals surface area contributed by atoms with E-state index in [0.717, 1.165) is 16.7 Å². The SMILES string of the molecule is O=C(O)[C@@H](c1ccccc1)N1C(=O)/C(=C/c2ccc(-c3cc(Cl)ccc3Cl)o2)SC1=S. The summed E-state index contributed by atoms with van der Waals surface area (Å²) in [5, 5.41) is 10.7. The van der Waals surface area contributed by atoms with Crippen molar-refractivity contribution in [1.29, 1.82) is 0 Å². The van der Waals surface area contributed by atoms with Crippen molar-refractivity contribution in [2.75, 3.05) is 0 Å². The van der Waals surface area contributed by atoms with Gasteiger partial charge in [-0.25, -0.2) is 4.79 Å². The molecule has 1 aromatic heterocycles. The van der Waals surface area contributed by atoms with Gasteiger partial charge in [0, 0.05) is 16.7 Å². The van der Waals surface area contributed by atoms with Crippen LogP contribution in [0, 0.1) is 0 Å². The Bertz CT molecular complexity index is 1220. The van der Waals surface area contributed by atoms with Gasteiger partial charge in [-0.15, -0.1) is 0 Å². The number of carbonyl (C=O) groups is 2. The van der Waals surface area contributed by atoms with Crippen molar-refractivity contribution >= 4 is 69.5 Å². The lowest BCUT2D eigenvalue weighted by Gasteiger charge is -2.23. The van der Waals surface area contributed by atoms with Crippen molar-refractivity contribution in [3.63, 3.8) is 0 Å². The number of amides is 1. The van der Waals surface area contributed by atoms with Gasteiger partial charge >= 0.3 is 5.97 Å². The van der Waals surface area contributed by atoms with Gasteiger partial charge in [-0.05, 0) is 35.9 Å². The molecular weight excluding hydrogens is 477 g/mol. The number of carboxylic acids is 1. The average molecular weight is 490 g/mol. The van der Waals surface area contributed by atoms with Gasteiger partial charge < -0.3 is 9.52 Å². The van der Waals surface area contributed by atoms with Gasteiger partial charge in [-0.3, -0.25) is 9.69 Å². The number of rotatable bonds is 5. The van der Waals surface area contributed by atoms with E-state index in [2.05, 4.69) is 0 Å². The molecule has 0 spiro atoms. The summed E-state index contributed by atoms with van der Waals surface area (Å²) in [5.74, 6) is -0.773. The second kappa shape index (κ2) is 8.88. The first-order valence-electron chi connectivity index (χ1n) is 8.95. The van der Waals surface area contributed by atoms with Crippen molar-refractivity contribution in [1.82, 2.24) is 4.90 Å². The van der Waals surface area contributed by atoms with E-state index < -0.39 is 17.9 Å². The zero-order chi connectivity index (χ0) is 22.1. The fraction of sp³-hybridized carbons (Fsp3) is 0.0455. The molecule has 31 heavy (non-hydrogen) atoms. The molecule has 0 saturated carbocycles. The number of aliphatic carboxylic acids is 1. The van der Waals surface area contributed by atoms with Crippen LogP contribution in [-0.2, 0) is 9.59 Å². The molecule has 3 aromatic rings. The summed E-state index contributed by atoms with van der Waals surface area (Å²) in [6, 6.07) is 15.7. The van der Waals surface area contributed by atoms with Crippen LogP contribution in [0.5, 0.6) is 0 Å². The molecule has 1 aliphatic rings. The molecule has 156 valence electrons. The van der Waals surface area contributed by atoms with Crippen LogP contribution in [-0.4, -0.2) is 26.2 Å². The van der Waals surface area contributed by atoms with E-state index in [1.165, 1.54) is 6.08 Å². The Kier molecular flexibility index (Phi) is 6.20. The summed E-state index contributed by atoms with van der Waals surface area (Å²) in [5.41, 5.74) is 1.08. The van der Waals surface area contributed by atoms with E-state index in [9.17, 15) is 14.7 Å². The van der Waals surface area contributed by atoms with Crippen LogP contribution >= 0.6 is 47.2 Å². The molecule has 1 N–H and O–H groups in total. The number of thioether (sulfide) groups is 1. The normalized spacial score (nSPS) is 16.2. The topological polar surface area (TPSA) is 70.8 Å². The number of carbonyl (C=O) groups excluding carboxylic acids is 1. The Morgan fingerprint density at radius 1 is 1.13 bits per heavy atom. The molecule has 1 aliphatic heterocycles. The van der Waals surface area contributed by atoms with Crippen molar-refractivity contribution in [3.05, 3.63) is 86.9 Å². The fourth-order valence-electron chi connectivity index (χ4n) is 3.13. The maximum absolute atomic E-state index is 13.0. The maximum atomic E-state index is 13.0. The van der Waals surface area contributed by atoms with E-state index in [-0.39, 0.29) is 9.23 Å². The first kappa shape index (κ1) is 21.6. The van der Waals surface area contributed by atoms with Crippen LogP contribution in [0.4, 0.5) is 0 Å². The molecule has 4 rings (SSSR count). The summed E-state index contributed by atoms with van der Waals surface area (Å²) < 4.78 is 5.98. The summed E-state index contributed by atoms with van der Waals surface area (Å²) in [6.45, 7) is 0. The Hall–Kier alpha value is -2.58. The smallest absolute Gasteiger partial charge is 0.331 e. The van der Waals surface area contributed by atoms with Crippen molar-refractivity contribution in [2.24, 2.45) is 0 Å². The zero-order valence-corrected chi connectivity index (χ0v) is 18.8. The van der Waals surface area contributed by atoms with Crippen molar-refractivity contribution < 1.29 is 19.1 Å². The summed E-state index contributed by atoms with van der Waals surface area (Å²) in [7, 11) is 0. The van der Waals surface area contributed by atoms with Gasteiger partial charge in [-0.2, -0.15) is 0 Å². The number of thiocarbonyl (C=S) groups is 1. The molecule has 0 bridgehead atoms. The van der Waals surface area contributed by atoms with Gasteiger partial charge in [0.15, 0.2) is 6.04 Å². The molecule has 1 atom stereocenters. The predicted octanol–water partition coefficient (Wildman–Crippen LogP) is 6.28. The van der Waals surface area contributed by atoms with E-state index in [1.54, 1.807) is 60.7 Å². The quantitative estimate of drug-likeness (QED) is 0.335. The summed E-state index contributed by atoms with van der Waals surface area (Å²) in [6.07, 6.45) is 1.53. The number of benzene rings is 2. The molecule has 0 aliphatic carbocycles. The minimum atomic E-state index is -1.21. The Morgan fingerprint density at radius 3 is 2.58 bits per heavy atom. The second-order valence-electron chi connectivity index (χ2n) is 6.53. The van der Waals surface area contributed by atoms with Gasteiger partial charge in [0.2, 0.25) is 0 Å². The highest BCUT2D eigenvalue weighted by Crippen LogP contribution is 2.39. The van der Waals surface area contributed by atoms with Crippen LogP contribution in [0.25, 0.3) is 17.4 Å². The standard InChI is InChI=1S/C22H13Cl2NO4S2/c23-13-6-8-16(24)15(10-13)17-9-7-14(29-17)11-18-20(26)25(22(30)31-18)19(21(27)28)12-4-2-1-3-5-12/h1-11,19H,(H,27,28)/b18-11-/t19-/m1/s1.